The third-order valence-corrected chi connectivity index (χ3v) is 11.6. The number of aromatic amines is 2. The standard InChI is InChI=1S/C46H51N7O12/c1-26(2)41(55)49-44-48-40-39(43(57)50-44)47-24-53(40)37-19-33(54)35(64-37)22-61-25-62-34-20-38(52-21-27(3)42(56)51-45(52)58)65-36(34)23-63-46(28-9-7-6-8-10-28,29-11-15-31(59-4)16-12-29)30-13-17-32(60-5)18-14-30/h6-18,21,24,26,33-38,54H,19-20,22-23,25H2,1-5H3,(H,51,56,58)(H2,48,49,50,55,57)/t33-,34-,35+,36+,37+,38+/m0/s1. The number of hydrogen-bond acceptors (Lipinski definition) is 14. The van der Waals surface area contributed by atoms with Gasteiger partial charge < -0.3 is 38.3 Å². The van der Waals surface area contributed by atoms with Crippen LogP contribution in [-0.4, -0.2) is 98.7 Å². The van der Waals surface area contributed by atoms with Crippen molar-refractivity contribution in [2.75, 3.05) is 39.5 Å². The van der Waals surface area contributed by atoms with Crippen molar-refractivity contribution in [2.24, 2.45) is 5.92 Å². The van der Waals surface area contributed by atoms with Crippen LogP contribution >= 0.6 is 0 Å². The summed E-state index contributed by atoms with van der Waals surface area (Å²) in [4.78, 5) is 64.0. The van der Waals surface area contributed by atoms with E-state index in [1.54, 1.807) is 35.0 Å². The van der Waals surface area contributed by atoms with Crippen molar-refractivity contribution in [3.63, 3.8) is 0 Å². The average Bonchev–Trinajstić information content (AvgIpc) is 4.04. The highest BCUT2D eigenvalue weighted by molar-refractivity contribution is 5.91. The van der Waals surface area contributed by atoms with E-state index in [9.17, 15) is 24.3 Å². The van der Waals surface area contributed by atoms with Gasteiger partial charge in [-0.1, -0.05) is 68.4 Å². The molecule has 0 bridgehead atoms. The Hall–Kier alpha value is -6.48. The van der Waals surface area contributed by atoms with Crippen LogP contribution in [0.4, 0.5) is 5.95 Å². The second-order valence-corrected chi connectivity index (χ2v) is 16.2. The minimum Gasteiger partial charge on any atom is -0.497 e. The van der Waals surface area contributed by atoms with Gasteiger partial charge in [-0.2, -0.15) is 4.98 Å². The lowest BCUT2D eigenvalue weighted by molar-refractivity contribution is -0.151. The molecule has 0 saturated carbocycles. The van der Waals surface area contributed by atoms with Crippen molar-refractivity contribution in [1.29, 1.82) is 0 Å². The van der Waals surface area contributed by atoms with E-state index >= 15 is 0 Å². The number of methoxy groups -OCH3 is 2. The van der Waals surface area contributed by atoms with Crippen molar-refractivity contribution in [1.82, 2.24) is 29.1 Å². The number of aryl methyl sites for hydroxylation is 1. The van der Waals surface area contributed by atoms with Crippen LogP contribution in [-0.2, 0) is 34.1 Å². The average molecular weight is 894 g/mol. The molecule has 19 heteroatoms. The number of amides is 1. The van der Waals surface area contributed by atoms with Crippen LogP contribution in [0, 0.1) is 12.8 Å². The number of nitrogens with zero attached hydrogens (tertiary/aromatic N) is 4. The van der Waals surface area contributed by atoms with Crippen LogP contribution in [0.15, 0.2) is 106 Å². The summed E-state index contributed by atoms with van der Waals surface area (Å²) in [5.41, 5.74) is 0.110. The molecule has 2 aliphatic heterocycles. The Bertz CT molecular complexity index is 2720. The number of rotatable bonds is 17. The lowest BCUT2D eigenvalue weighted by Gasteiger charge is -2.37. The maximum Gasteiger partial charge on any atom is 0.330 e. The molecule has 2 fully saturated rings. The summed E-state index contributed by atoms with van der Waals surface area (Å²) in [7, 11) is 3.20. The van der Waals surface area contributed by atoms with E-state index in [-0.39, 0.29) is 61.8 Å². The molecule has 0 radical (unpaired) electrons. The van der Waals surface area contributed by atoms with Crippen LogP contribution in [0.3, 0.4) is 0 Å². The number of hydrogen-bond donors (Lipinski definition) is 4. The van der Waals surface area contributed by atoms with Gasteiger partial charge in [0, 0.05) is 30.5 Å². The number of fused-ring (bicyclic) bond motifs is 1. The van der Waals surface area contributed by atoms with Gasteiger partial charge in [0.1, 0.15) is 48.6 Å². The van der Waals surface area contributed by atoms with E-state index < -0.39 is 59.3 Å². The second-order valence-electron chi connectivity index (χ2n) is 16.2. The Morgan fingerprint density at radius 1 is 0.846 bits per heavy atom. The normalized spacial score (nSPS) is 21.0. The molecular formula is C46H51N7O12. The molecule has 2 aliphatic rings. The number of aliphatic hydroxyl groups excluding tert-OH is 1. The first-order valence-electron chi connectivity index (χ1n) is 21.1. The van der Waals surface area contributed by atoms with Gasteiger partial charge in [0.25, 0.3) is 11.1 Å². The zero-order valence-electron chi connectivity index (χ0n) is 36.5. The van der Waals surface area contributed by atoms with Gasteiger partial charge in [-0.25, -0.2) is 9.78 Å². The number of benzene rings is 3. The van der Waals surface area contributed by atoms with Crippen molar-refractivity contribution in [3.05, 3.63) is 145 Å². The first kappa shape index (κ1) is 45.1. The maximum atomic E-state index is 13.1. The Morgan fingerprint density at radius 3 is 2.12 bits per heavy atom. The third kappa shape index (κ3) is 9.38. The van der Waals surface area contributed by atoms with Crippen molar-refractivity contribution in [2.45, 2.75) is 76.1 Å². The van der Waals surface area contributed by atoms with Crippen LogP contribution in [0.25, 0.3) is 11.2 Å². The largest absolute Gasteiger partial charge is 0.497 e. The van der Waals surface area contributed by atoms with Gasteiger partial charge in [0.05, 0.1) is 46.0 Å². The molecule has 4 N–H and O–H groups in total. The summed E-state index contributed by atoms with van der Waals surface area (Å²) in [5.74, 6) is 0.624. The topological polar surface area (TPSA) is 232 Å². The Balaban J connectivity index is 1.02. The van der Waals surface area contributed by atoms with Crippen LogP contribution < -0.4 is 31.6 Å². The molecule has 0 spiro atoms. The van der Waals surface area contributed by atoms with Crippen LogP contribution in [0.2, 0.25) is 0 Å². The van der Waals surface area contributed by atoms with Gasteiger partial charge in [0.15, 0.2) is 11.2 Å². The molecule has 342 valence electrons. The molecule has 0 unspecified atom stereocenters. The highest BCUT2D eigenvalue weighted by Crippen LogP contribution is 2.43. The number of ether oxygens (including phenoxy) is 7. The van der Waals surface area contributed by atoms with Gasteiger partial charge in [-0.3, -0.25) is 38.8 Å². The molecule has 8 rings (SSSR count). The number of H-pyrrole nitrogens is 2. The summed E-state index contributed by atoms with van der Waals surface area (Å²) in [6.45, 7) is 4.67. The lowest BCUT2D eigenvalue weighted by atomic mass is 9.80. The van der Waals surface area contributed by atoms with E-state index in [2.05, 4.69) is 25.3 Å². The number of aromatic nitrogens is 6. The molecule has 0 aliphatic carbocycles. The van der Waals surface area contributed by atoms with Crippen molar-refractivity contribution in [3.8, 4) is 11.5 Å². The van der Waals surface area contributed by atoms with E-state index in [1.807, 2.05) is 78.9 Å². The molecular weight excluding hydrogens is 843 g/mol. The highest BCUT2D eigenvalue weighted by Gasteiger charge is 2.43. The molecule has 3 aromatic heterocycles. The summed E-state index contributed by atoms with van der Waals surface area (Å²) in [6, 6.07) is 25.0. The fourth-order valence-corrected chi connectivity index (χ4v) is 8.07. The second kappa shape index (κ2) is 19.3. The molecule has 6 atom stereocenters. The summed E-state index contributed by atoms with van der Waals surface area (Å²) >= 11 is 0. The summed E-state index contributed by atoms with van der Waals surface area (Å²) in [6.07, 6.45) is -1.61. The lowest BCUT2D eigenvalue weighted by Crippen LogP contribution is -2.39. The number of nitrogens with one attached hydrogen (secondary N) is 3. The van der Waals surface area contributed by atoms with Crippen LogP contribution in [0.5, 0.6) is 11.5 Å². The highest BCUT2D eigenvalue weighted by atomic mass is 16.7. The fourth-order valence-electron chi connectivity index (χ4n) is 8.07. The minimum absolute atomic E-state index is 0.0318. The first-order chi connectivity index (χ1) is 31.4. The van der Waals surface area contributed by atoms with Crippen molar-refractivity contribution >= 4 is 23.0 Å². The van der Waals surface area contributed by atoms with E-state index in [0.29, 0.717) is 17.1 Å². The van der Waals surface area contributed by atoms with Gasteiger partial charge in [-0.15, -0.1) is 0 Å². The SMILES string of the molecule is COc1ccc(C(OC[C@H]2O[C@@H](n3cc(C)c(=O)[nH]c3=O)C[C@@H]2OCOC[C@H]2O[C@@H](n3cnc4c(=O)[nH]c(NC(=O)C(C)C)nc43)C[C@@H]2O)(c2ccccc2)c2ccc(OC)cc2)cc1. The number of carbonyl (C=O) groups is 1. The predicted octanol–water partition coefficient (Wildman–Crippen LogP) is 3.89. The molecule has 6 aromatic rings. The van der Waals surface area contributed by atoms with E-state index in [4.69, 9.17) is 33.2 Å². The molecule has 2 saturated heterocycles. The zero-order valence-corrected chi connectivity index (χ0v) is 36.5. The number of anilines is 1. The quantitative estimate of drug-likeness (QED) is 0.0579. The third-order valence-electron chi connectivity index (χ3n) is 11.6. The smallest absolute Gasteiger partial charge is 0.330 e. The van der Waals surface area contributed by atoms with E-state index in [0.717, 1.165) is 16.7 Å². The van der Waals surface area contributed by atoms with Gasteiger partial charge >= 0.3 is 5.69 Å². The number of carbonyl (C=O) groups excluding carboxylic acids is 1. The monoisotopic (exact) mass is 893 g/mol. The van der Waals surface area contributed by atoms with E-state index in [1.165, 1.54) is 21.7 Å². The molecule has 19 nitrogen and oxygen atoms in total. The summed E-state index contributed by atoms with van der Waals surface area (Å²) in [5, 5.41) is 13.7. The van der Waals surface area contributed by atoms with Gasteiger partial charge in [0.2, 0.25) is 11.9 Å². The maximum absolute atomic E-state index is 13.1. The summed E-state index contributed by atoms with van der Waals surface area (Å²) < 4.78 is 46.1. The number of aliphatic hydroxyl groups is 1. The Labute approximate surface area is 372 Å². The Morgan fingerprint density at radius 2 is 1.48 bits per heavy atom. The first-order valence-corrected chi connectivity index (χ1v) is 21.1. The van der Waals surface area contributed by atoms with Crippen molar-refractivity contribution < 1.29 is 43.1 Å². The van der Waals surface area contributed by atoms with Crippen LogP contribution in [0.1, 0.15) is 61.4 Å². The molecule has 65 heavy (non-hydrogen) atoms. The predicted molar refractivity (Wildman–Crippen MR) is 235 cm³/mol. The zero-order chi connectivity index (χ0) is 45.8. The molecule has 3 aromatic carbocycles. The molecule has 5 heterocycles. The fraction of sp³-hybridized carbons (Fsp3) is 0.391. The minimum atomic E-state index is -1.19. The molecule has 1 amide bonds. The Kier molecular flexibility index (Phi) is 13.4. The van der Waals surface area contributed by atoms with Gasteiger partial charge in [-0.05, 0) is 47.9 Å². The number of imidazole rings is 1.